The summed E-state index contributed by atoms with van der Waals surface area (Å²) in [6, 6.07) is 0. The van der Waals surface area contributed by atoms with Crippen molar-refractivity contribution in [2.24, 2.45) is 40.4 Å². The smallest absolute Gasteiger partial charge is 0.306 e. The number of hydrogen-bond donors (Lipinski definition) is 0. The van der Waals surface area contributed by atoms with Gasteiger partial charge >= 0.3 is 5.97 Å². The number of allylic oxidation sites excluding steroid dienone is 1. The number of ether oxygens (including phenoxy) is 1. The van der Waals surface area contributed by atoms with E-state index in [1.165, 1.54) is 18.4 Å². The molecule has 0 spiro atoms. The summed E-state index contributed by atoms with van der Waals surface area (Å²) in [5.74, 6) is 2.75. The Balaban J connectivity index is 1.43. The van der Waals surface area contributed by atoms with Crippen LogP contribution in [0.15, 0.2) is 11.6 Å². The third kappa shape index (κ3) is 3.18. The van der Waals surface area contributed by atoms with Crippen molar-refractivity contribution in [1.82, 2.24) is 0 Å². The zero-order valence-electron chi connectivity index (χ0n) is 20.4. The van der Waals surface area contributed by atoms with Gasteiger partial charge < -0.3 is 4.74 Å². The number of esters is 1. The Bertz CT molecular complexity index is 869. The second kappa shape index (κ2) is 7.53. The highest BCUT2D eigenvalue weighted by Crippen LogP contribution is 2.69. The molecule has 4 fully saturated rings. The average molecular weight is 441 g/mol. The first kappa shape index (κ1) is 22.3. The lowest BCUT2D eigenvalue weighted by molar-refractivity contribution is -0.189. The third-order valence-electron chi connectivity index (χ3n) is 10.7. The summed E-state index contributed by atoms with van der Waals surface area (Å²) in [6.45, 7) is 8.58. The van der Waals surface area contributed by atoms with Crippen LogP contribution in [-0.2, 0) is 19.1 Å². The van der Waals surface area contributed by atoms with Gasteiger partial charge in [0.05, 0.1) is 0 Å². The molecule has 4 heteroatoms. The number of ketones is 2. The Morgan fingerprint density at radius 3 is 2.47 bits per heavy atom. The van der Waals surface area contributed by atoms with Gasteiger partial charge in [0.2, 0.25) is 0 Å². The summed E-state index contributed by atoms with van der Waals surface area (Å²) < 4.78 is 6.22. The number of Topliss-reactive ketones (excluding diaryl/α,β-unsaturated/α-hetero) is 1. The molecule has 7 atom stereocenters. The number of hydrogen-bond acceptors (Lipinski definition) is 4. The first-order valence-electron chi connectivity index (χ1n) is 13.1. The second-order valence-electron chi connectivity index (χ2n) is 12.3. The minimum absolute atomic E-state index is 0.0413. The molecule has 5 aliphatic carbocycles. The molecule has 0 heterocycles. The van der Waals surface area contributed by atoms with Crippen molar-refractivity contribution in [2.75, 3.05) is 0 Å². The van der Waals surface area contributed by atoms with Crippen molar-refractivity contribution in [2.45, 2.75) is 104 Å². The normalized spacial score (nSPS) is 45.4. The van der Waals surface area contributed by atoms with Gasteiger partial charge in [-0.3, -0.25) is 14.4 Å². The summed E-state index contributed by atoms with van der Waals surface area (Å²) in [7, 11) is 0. The molecule has 32 heavy (non-hydrogen) atoms. The first-order valence-corrected chi connectivity index (χ1v) is 13.1. The van der Waals surface area contributed by atoms with Gasteiger partial charge in [-0.15, -0.1) is 0 Å². The maximum Gasteiger partial charge on any atom is 0.306 e. The van der Waals surface area contributed by atoms with Crippen LogP contribution in [0.4, 0.5) is 0 Å². The Kier molecular flexibility index (Phi) is 5.26. The van der Waals surface area contributed by atoms with E-state index in [9.17, 15) is 14.4 Å². The lowest BCUT2D eigenvalue weighted by atomic mass is 9.44. The summed E-state index contributed by atoms with van der Waals surface area (Å²) in [5, 5.41) is 0. The SMILES string of the molecule is CC(=O)[C@@]1(OC(=O)CCC2CC2)CCC2[C@@H]3C[C@H](C)C4=CC(=O)CC[C@]4(C)[C@H]3CC[C@@]21C. The number of carbonyl (C=O) groups excluding carboxylic acids is 3. The van der Waals surface area contributed by atoms with Crippen molar-refractivity contribution in [3.63, 3.8) is 0 Å². The van der Waals surface area contributed by atoms with Gasteiger partial charge in [-0.2, -0.15) is 0 Å². The van der Waals surface area contributed by atoms with Crippen molar-refractivity contribution in [3.8, 4) is 0 Å². The fourth-order valence-electron chi connectivity index (χ4n) is 8.77. The van der Waals surface area contributed by atoms with Crippen molar-refractivity contribution in [1.29, 1.82) is 0 Å². The number of rotatable bonds is 5. The molecule has 0 aromatic rings. The summed E-state index contributed by atoms with van der Waals surface area (Å²) in [5.41, 5.74) is 0.240. The molecule has 176 valence electrons. The molecule has 0 aromatic heterocycles. The fourth-order valence-corrected chi connectivity index (χ4v) is 8.77. The van der Waals surface area contributed by atoms with E-state index in [-0.39, 0.29) is 28.4 Å². The molecule has 0 N–H and O–H groups in total. The van der Waals surface area contributed by atoms with Crippen LogP contribution < -0.4 is 0 Å². The number of carbonyl (C=O) groups is 3. The molecule has 0 bridgehead atoms. The van der Waals surface area contributed by atoms with Crippen molar-refractivity contribution >= 4 is 17.5 Å². The third-order valence-corrected chi connectivity index (χ3v) is 10.7. The summed E-state index contributed by atoms with van der Waals surface area (Å²) in [4.78, 5) is 38.2. The minimum Gasteiger partial charge on any atom is -0.450 e. The van der Waals surface area contributed by atoms with E-state index in [0.717, 1.165) is 38.5 Å². The Hall–Kier alpha value is -1.45. The van der Waals surface area contributed by atoms with Gasteiger partial charge in [-0.1, -0.05) is 39.2 Å². The molecular formula is C28H40O4. The van der Waals surface area contributed by atoms with E-state index in [1.54, 1.807) is 6.92 Å². The second-order valence-corrected chi connectivity index (χ2v) is 12.3. The Morgan fingerprint density at radius 1 is 1.06 bits per heavy atom. The first-order chi connectivity index (χ1) is 15.1. The summed E-state index contributed by atoms with van der Waals surface area (Å²) >= 11 is 0. The van der Waals surface area contributed by atoms with Crippen LogP contribution in [0.2, 0.25) is 0 Å². The highest BCUT2D eigenvalue weighted by molar-refractivity contribution is 5.92. The van der Waals surface area contributed by atoms with Crippen LogP contribution in [0, 0.1) is 40.4 Å². The van der Waals surface area contributed by atoms with Crippen LogP contribution in [0.25, 0.3) is 0 Å². The molecule has 0 aliphatic heterocycles. The lowest BCUT2D eigenvalue weighted by Crippen LogP contribution is -2.59. The standard InChI is InChI=1S/C28H40O4/c1-17-15-21-22(26(3)12-9-20(30)16-24(17)26)10-13-27(4)23(21)11-14-28(27,18(2)29)32-25(31)8-7-19-5-6-19/h16-17,19,21-23H,5-15H2,1-4H3/t17-,21+,22-,23?,26+,27-,28-/m0/s1. The van der Waals surface area contributed by atoms with E-state index in [4.69, 9.17) is 4.74 Å². The topological polar surface area (TPSA) is 60.4 Å². The van der Waals surface area contributed by atoms with Crippen molar-refractivity contribution in [3.05, 3.63) is 11.6 Å². The Labute approximate surface area is 192 Å². The maximum atomic E-state index is 13.1. The van der Waals surface area contributed by atoms with Crippen LogP contribution in [-0.4, -0.2) is 23.1 Å². The van der Waals surface area contributed by atoms with Gasteiger partial charge in [0, 0.05) is 18.3 Å². The molecule has 4 nitrogen and oxygen atoms in total. The van der Waals surface area contributed by atoms with E-state index < -0.39 is 5.60 Å². The fraction of sp³-hybridized carbons (Fsp3) is 0.821. The van der Waals surface area contributed by atoms with Gasteiger partial charge in [0.1, 0.15) is 0 Å². The molecule has 0 saturated heterocycles. The largest absolute Gasteiger partial charge is 0.450 e. The zero-order chi connectivity index (χ0) is 22.9. The predicted octanol–water partition coefficient (Wildman–Crippen LogP) is 5.83. The minimum atomic E-state index is -0.952. The molecule has 0 aromatic carbocycles. The van der Waals surface area contributed by atoms with Crippen LogP contribution >= 0.6 is 0 Å². The van der Waals surface area contributed by atoms with Crippen LogP contribution in [0.3, 0.4) is 0 Å². The Morgan fingerprint density at radius 2 is 1.78 bits per heavy atom. The highest BCUT2D eigenvalue weighted by atomic mass is 16.6. The van der Waals surface area contributed by atoms with Crippen molar-refractivity contribution < 1.29 is 19.1 Å². The lowest BCUT2D eigenvalue weighted by Gasteiger charge is -2.60. The molecule has 4 saturated carbocycles. The average Bonchev–Trinajstić information content (AvgIpc) is 3.51. The van der Waals surface area contributed by atoms with E-state index >= 15 is 0 Å². The van der Waals surface area contributed by atoms with Gasteiger partial charge in [-0.25, -0.2) is 0 Å². The molecule has 1 unspecified atom stereocenters. The zero-order valence-corrected chi connectivity index (χ0v) is 20.4. The van der Waals surface area contributed by atoms with Gasteiger partial charge in [-0.05, 0) is 93.0 Å². The summed E-state index contributed by atoms with van der Waals surface area (Å²) in [6.07, 6.45) is 12.1. The maximum absolute atomic E-state index is 13.1. The monoisotopic (exact) mass is 440 g/mol. The van der Waals surface area contributed by atoms with E-state index in [1.807, 2.05) is 6.08 Å². The van der Waals surface area contributed by atoms with E-state index in [0.29, 0.717) is 48.9 Å². The molecule has 5 rings (SSSR count). The quantitative estimate of drug-likeness (QED) is 0.505. The molecule has 0 amide bonds. The predicted molar refractivity (Wildman–Crippen MR) is 123 cm³/mol. The molecule has 5 aliphatic rings. The van der Waals surface area contributed by atoms with Crippen LogP contribution in [0.5, 0.6) is 0 Å². The molecular weight excluding hydrogens is 400 g/mol. The van der Waals surface area contributed by atoms with Crippen LogP contribution in [0.1, 0.15) is 98.3 Å². The molecule has 0 radical (unpaired) electrons. The van der Waals surface area contributed by atoms with Gasteiger partial charge in [0.25, 0.3) is 0 Å². The van der Waals surface area contributed by atoms with E-state index in [2.05, 4.69) is 20.8 Å². The highest BCUT2D eigenvalue weighted by Gasteiger charge is 2.68. The number of fused-ring (bicyclic) bond motifs is 5. The van der Waals surface area contributed by atoms with Gasteiger partial charge in [0.15, 0.2) is 17.2 Å².